The standard InChI is InChI=1S/C21H18F2N4O4/c22-16-7-6-15(10-17(16)23)25-18(28)11-24-19(29)13-27-20(30)8-9-26(21(27)31)12-14-4-2-1-3-5-14/h1-10H,11-13H2,(H,24,29)(H,25,28). The Morgan fingerprint density at radius 3 is 2.35 bits per heavy atom. The Kier molecular flexibility index (Phi) is 6.71. The van der Waals surface area contributed by atoms with Crippen molar-refractivity contribution in [2.45, 2.75) is 13.1 Å². The van der Waals surface area contributed by atoms with Crippen LogP contribution in [0, 0.1) is 11.6 Å². The zero-order chi connectivity index (χ0) is 22.4. The summed E-state index contributed by atoms with van der Waals surface area (Å²) in [6, 6.07) is 13.1. The second-order valence-corrected chi connectivity index (χ2v) is 6.59. The molecular formula is C21H18F2N4O4. The van der Waals surface area contributed by atoms with Gasteiger partial charge in [-0.3, -0.25) is 23.5 Å². The van der Waals surface area contributed by atoms with Crippen LogP contribution in [-0.4, -0.2) is 27.5 Å². The zero-order valence-electron chi connectivity index (χ0n) is 16.2. The van der Waals surface area contributed by atoms with Gasteiger partial charge in [-0.2, -0.15) is 0 Å². The second-order valence-electron chi connectivity index (χ2n) is 6.59. The molecule has 0 aliphatic carbocycles. The van der Waals surface area contributed by atoms with E-state index in [4.69, 9.17) is 0 Å². The van der Waals surface area contributed by atoms with Gasteiger partial charge in [0.15, 0.2) is 11.6 Å². The first-order valence-electron chi connectivity index (χ1n) is 9.19. The van der Waals surface area contributed by atoms with Crippen molar-refractivity contribution in [1.29, 1.82) is 0 Å². The maximum absolute atomic E-state index is 13.2. The molecular weight excluding hydrogens is 410 g/mol. The summed E-state index contributed by atoms with van der Waals surface area (Å²) in [4.78, 5) is 48.6. The number of rotatable bonds is 7. The van der Waals surface area contributed by atoms with Crippen LogP contribution in [0.3, 0.4) is 0 Å². The van der Waals surface area contributed by atoms with Crippen LogP contribution >= 0.6 is 0 Å². The average Bonchev–Trinajstić information content (AvgIpc) is 2.75. The molecule has 1 heterocycles. The molecule has 8 nitrogen and oxygen atoms in total. The lowest BCUT2D eigenvalue weighted by Gasteiger charge is -2.11. The molecule has 31 heavy (non-hydrogen) atoms. The van der Waals surface area contributed by atoms with E-state index in [0.717, 1.165) is 28.3 Å². The Hall–Kier alpha value is -4.08. The van der Waals surface area contributed by atoms with Crippen LogP contribution < -0.4 is 21.9 Å². The number of benzene rings is 2. The van der Waals surface area contributed by atoms with Crippen LogP contribution in [0.25, 0.3) is 0 Å². The highest BCUT2D eigenvalue weighted by Gasteiger charge is 2.12. The highest BCUT2D eigenvalue weighted by molar-refractivity contribution is 5.94. The van der Waals surface area contributed by atoms with E-state index in [2.05, 4.69) is 10.6 Å². The molecule has 2 N–H and O–H groups in total. The fourth-order valence-electron chi connectivity index (χ4n) is 2.76. The van der Waals surface area contributed by atoms with E-state index in [1.165, 1.54) is 16.8 Å². The van der Waals surface area contributed by atoms with Gasteiger partial charge in [-0.25, -0.2) is 13.6 Å². The molecule has 0 fully saturated rings. The Balaban J connectivity index is 1.61. The van der Waals surface area contributed by atoms with Crippen molar-refractivity contribution in [3.63, 3.8) is 0 Å². The lowest BCUT2D eigenvalue weighted by Crippen LogP contribution is -2.44. The summed E-state index contributed by atoms with van der Waals surface area (Å²) in [6.07, 6.45) is 1.35. The van der Waals surface area contributed by atoms with Gasteiger partial charge < -0.3 is 10.6 Å². The van der Waals surface area contributed by atoms with Gasteiger partial charge in [0, 0.05) is 24.0 Å². The third-order valence-electron chi connectivity index (χ3n) is 4.29. The molecule has 0 bridgehead atoms. The van der Waals surface area contributed by atoms with Crippen molar-refractivity contribution in [3.8, 4) is 0 Å². The smallest absolute Gasteiger partial charge is 0.331 e. The van der Waals surface area contributed by atoms with Gasteiger partial charge in [-0.05, 0) is 17.7 Å². The molecule has 0 unspecified atom stereocenters. The molecule has 0 spiro atoms. The number of anilines is 1. The number of carbonyl (C=O) groups excluding carboxylic acids is 2. The Labute approximate surface area is 174 Å². The van der Waals surface area contributed by atoms with Crippen LogP contribution in [0.15, 0.2) is 70.4 Å². The fourth-order valence-corrected chi connectivity index (χ4v) is 2.76. The maximum Gasteiger partial charge on any atom is 0.331 e. The topological polar surface area (TPSA) is 102 Å². The van der Waals surface area contributed by atoms with Crippen LogP contribution in [0.5, 0.6) is 0 Å². The van der Waals surface area contributed by atoms with Gasteiger partial charge in [0.25, 0.3) is 5.56 Å². The SMILES string of the molecule is O=C(Cn1c(=O)ccn(Cc2ccccc2)c1=O)NCC(=O)Nc1ccc(F)c(F)c1. The van der Waals surface area contributed by atoms with Crippen molar-refractivity contribution in [2.24, 2.45) is 0 Å². The largest absolute Gasteiger partial charge is 0.345 e. The number of amides is 2. The van der Waals surface area contributed by atoms with Crippen molar-refractivity contribution >= 4 is 17.5 Å². The summed E-state index contributed by atoms with van der Waals surface area (Å²) >= 11 is 0. The monoisotopic (exact) mass is 428 g/mol. The number of hydrogen-bond acceptors (Lipinski definition) is 4. The minimum atomic E-state index is -1.13. The number of hydrogen-bond donors (Lipinski definition) is 2. The lowest BCUT2D eigenvalue weighted by molar-refractivity contribution is -0.124. The summed E-state index contributed by atoms with van der Waals surface area (Å²) < 4.78 is 28.1. The minimum Gasteiger partial charge on any atom is -0.345 e. The molecule has 160 valence electrons. The maximum atomic E-state index is 13.2. The molecule has 0 aliphatic rings. The molecule has 0 saturated heterocycles. The Morgan fingerprint density at radius 2 is 1.65 bits per heavy atom. The number of nitrogens with zero attached hydrogens (tertiary/aromatic N) is 2. The molecule has 0 saturated carbocycles. The minimum absolute atomic E-state index is 0.0150. The van der Waals surface area contributed by atoms with Crippen molar-refractivity contribution in [3.05, 3.63) is 98.8 Å². The molecule has 3 rings (SSSR count). The lowest BCUT2D eigenvalue weighted by atomic mass is 10.2. The third kappa shape index (κ3) is 5.72. The summed E-state index contributed by atoms with van der Waals surface area (Å²) in [5.74, 6) is -3.62. The highest BCUT2D eigenvalue weighted by Crippen LogP contribution is 2.12. The molecule has 0 radical (unpaired) electrons. The van der Waals surface area contributed by atoms with Crippen LogP contribution in [-0.2, 0) is 22.7 Å². The molecule has 10 heteroatoms. The number of aromatic nitrogens is 2. The fraction of sp³-hybridized carbons (Fsp3) is 0.143. The van der Waals surface area contributed by atoms with Crippen LogP contribution in [0.2, 0.25) is 0 Å². The van der Waals surface area contributed by atoms with Crippen molar-refractivity contribution in [1.82, 2.24) is 14.5 Å². The van der Waals surface area contributed by atoms with Gasteiger partial charge in [-0.1, -0.05) is 30.3 Å². The van der Waals surface area contributed by atoms with Crippen molar-refractivity contribution in [2.75, 3.05) is 11.9 Å². The van der Waals surface area contributed by atoms with Crippen LogP contribution in [0.4, 0.5) is 14.5 Å². The summed E-state index contributed by atoms with van der Waals surface area (Å²) in [5, 5.41) is 4.57. The Morgan fingerprint density at radius 1 is 0.903 bits per heavy atom. The predicted molar refractivity (Wildman–Crippen MR) is 109 cm³/mol. The van der Waals surface area contributed by atoms with Crippen LogP contribution in [0.1, 0.15) is 5.56 Å². The molecule has 2 amide bonds. The van der Waals surface area contributed by atoms with E-state index < -0.39 is 47.8 Å². The number of halogens is 2. The molecule has 0 atom stereocenters. The highest BCUT2D eigenvalue weighted by atomic mass is 19.2. The van der Waals surface area contributed by atoms with Gasteiger partial charge >= 0.3 is 5.69 Å². The Bertz CT molecular complexity index is 1220. The summed E-state index contributed by atoms with van der Waals surface area (Å²) in [5.41, 5.74) is -0.470. The van der Waals surface area contributed by atoms with Crippen molar-refractivity contribution < 1.29 is 18.4 Å². The van der Waals surface area contributed by atoms with Gasteiger partial charge in [0.1, 0.15) is 6.54 Å². The zero-order valence-corrected chi connectivity index (χ0v) is 16.2. The van der Waals surface area contributed by atoms with E-state index in [0.29, 0.717) is 0 Å². The van der Waals surface area contributed by atoms with Gasteiger partial charge in [0.05, 0.1) is 13.1 Å². The van der Waals surface area contributed by atoms with E-state index in [9.17, 15) is 28.0 Å². The van der Waals surface area contributed by atoms with Gasteiger partial charge in [0.2, 0.25) is 11.8 Å². The molecule has 3 aromatic rings. The molecule has 2 aromatic carbocycles. The van der Waals surface area contributed by atoms with E-state index in [1.807, 2.05) is 30.3 Å². The first kappa shape index (κ1) is 21.6. The van der Waals surface area contributed by atoms with Gasteiger partial charge in [-0.15, -0.1) is 0 Å². The molecule has 0 aliphatic heterocycles. The third-order valence-corrected chi connectivity index (χ3v) is 4.29. The quantitative estimate of drug-likeness (QED) is 0.588. The van der Waals surface area contributed by atoms with E-state index in [1.54, 1.807) is 0 Å². The number of nitrogens with one attached hydrogen (secondary N) is 2. The van der Waals surface area contributed by atoms with E-state index >= 15 is 0 Å². The summed E-state index contributed by atoms with van der Waals surface area (Å²) in [7, 11) is 0. The number of carbonyl (C=O) groups is 2. The van der Waals surface area contributed by atoms with E-state index in [-0.39, 0.29) is 12.2 Å². The molecule has 1 aromatic heterocycles. The normalized spacial score (nSPS) is 10.5. The second kappa shape index (κ2) is 9.61. The average molecular weight is 428 g/mol. The summed E-state index contributed by atoms with van der Waals surface area (Å²) in [6.45, 7) is -0.846. The predicted octanol–water partition coefficient (Wildman–Crippen LogP) is 1.09. The first-order chi connectivity index (χ1) is 14.8. The first-order valence-corrected chi connectivity index (χ1v) is 9.19.